The van der Waals surface area contributed by atoms with Gasteiger partial charge in [0.15, 0.2) is 4.88 Å². The number of ether oxygens (including phenoxy) is 2. The van der Waals surface area contributed by atoms with E-state index < -0.39 is 5.97 Å². The predicted molar refractivity (Wildman–Crippen MR) is 106 cm³/mol. The molecular weight excluding hydrogens is 379 g/mol. The Labute approximate surface area is 165 Å². The Morgan fingerprint density at radius 2 is 2.04 bits per heavy atom. The van der Waals surface area contributed by atoms with Crippen LogP contribution < -0.4 is 4.74 Å². The number of nitrogens with zero attached hydrogens (tertiary/aromatic N) is 2. The molecule has 2 aromatic heterocycles. The van der Waals surface area contributed by atoms with Crippen LogP contribution in [0.1, 0.15) is 20.8 Å². The average Bonchev–Trinajstić information content (AvgIpc) is 3.30. The van der Waals surface area contributed by atoms with Crippen molar-refractivity contribution in [3.63, 3.8) is 0 Å². The summed E-state index contributed by atoms with van der Waals surface area (Å²) >= 11 is 1.21. The number of hydrogen-bond donors (Lipinski definition) is 0. The third-order valence-corrected chi connectivity index (χ3v) is 5.54. The van der Waals surface area contributed by atoms with Crippen LogP contribution in [0.25, 0.3) is 16.0 Å². The Morgan fingerprint density at radius 1 is 1.21 bits per heavy atom. The van der Waals surface area contributed by atoms with E-state index in [0.29, 0.717) is 33.3 Å². The second-order valence-electron chi connectivity index (χ2n) is 6.23. The molecule has 0 aliphatic heterocycles. The molecule has 0 bridgehead atoms. The number of rotatable bonds is 5. The molecule has 0 atom stereocenters. The molecule has 5 nitrogen and oxygen atoms in total. The van der Waals surface area contributed by atoms with E-state index in [1.54, 1.807) is 23.0 Å². The molecule has 4 aromatic rings. The van der Waals surface area contributed by atoms with E-state index >= 15 is 0 Å². The van der Waals surface area contributed by atoms with Gasteiger partial charge in [-0.1, -0.05) is 24.3 Å². The lowest BCUT2D eigenvalue weighted by atomic mass is 10.1. The number of halogens is 1. The second-order valence-corrected chi connectivity index (χ2v) is 7.26. The summed E-state index contributed by atoms with van der Waals surface area (Å²) in [5.74, 6) is -0.407. The SMILES string of the molecule is COC(=O)c1sc(-n2cnc3ccc(F)cc32)cc1OCc1ccccc1C. The van der Waals surface area contributed by atoms with Crippen molar-refractivity contribution < 1.29 is 18.7 Å². The van der Waals surface area contributed by atoms with Gasteiger partial charge in [0.05, 0.1) is 18.1 Å². The van der Waals surface area contributed by atoms with Crippen molar-refractivity contribution in [2.45, 2.75) is 13.5 Å². The fraction of sp³-hybridized carbons (Fsp3) is 0.143. The highest BCUT2D eigenvalue weighted by atomic mass is 32.1. The highest BCUT2D eigenvalue weighted by molar-refractivity contribution is 7.16. The van der Waals surface area contributed by atoms with Gasteiger partial charge in [-0.2, -0.15) is 0 Å². The predicted octanol–water partition coefficient (Wildman–Crippen LogP) is 4.90. The van der Waals surface area contributed by atoms with Crippen molar-refractivity contribution in [2.75, 3.05) is 7.11 Å². The molecule has 4 rings (SSSR count). The maximum Gasteiger partial charge on any atom is 0.351 e. The molecule has 0 radical (unpaired) electrons. The van der Waals surface area contributed by atoms with Crippen LogP contribution in [-0.4, -0.2) is 22.6 Å². The summed E-state index contributed by atoms with van der Waals surface area (Å²) in [6.07, 6.45) is 1.60. The summed E-state index contributed by atoms with van der Waals surface area (Å²) in [7, 11) is 1.33. The van der Waals surface area contributed by atoms with Crippen LogP contribution >= 0.6 is 11.3 Å². The molecule has 0 N–H and O–H groups in total. The van der Waals surface area contributed by atoms with Crippen LogP contribution in [0, 0.1) is 12.7 Å². The first kappa shape index (κ1) is 18.2. The van der Waals surface area contributed by atoms with Crippen LogP contribution in [0.15, 0.2) is 54.9 Å². The molecule has 142 valence electrons. The number of benzene rings is 2. The third-order valence-electron chi connectivity index (χ3n) is 4.45. The molecule has 28 heavy (non-hydrogen) atoms. The van der Waals surface area contributed by atoms with Gasteiger partial charge >= 0.3 is 5.97 Å². The van der Waals surface area contributed by atoms with Gasteiger partial charge in [-0.25, -0.2) is 14.2 Å². The fourth-order valence-electron chi connectivity index (χ4n) is 2.91. The van der Waals surface area contributed by atoms with E-state index in [0.717, 1.165) is 11.1 Å². The van der Waals surface area contributed by atoms with Gasteiger partial charge in [0.2, 0.25) is 0 Å². The summed E-state index contributed by atoms with van der Waals surface area (Å²) in [5.41, 5.74) is 3.41. The van der Waals surface area contributed by atoms with Crippen LogP contribution in [0.3, 0.4) is 0 Å². The summed E-state index contributed by atoms with van der Waals surface area (Å²) in [6, 6.07) is 14.0. The lowest BCUT2D eigenvalue weighted by Gasteiger charge is -2.08. The molecular formula is C21H17FN2O3S. The number of hydrogen-bond acceptors (Lipinski definition) is 5. The fourth-order valence-corrected chi connectivity index (χ4v) is 3.91. The average molecular weight is 396 g/mol. The van der Waals surface area contributed by atoms with Crippen molar-refractivity contribution >= 4 is 28.3 Å². The first-order chi connectivity index (χ1) is 13.6. The molecule has 0 fully saturated rings. The number of esters is 1. The standard InChI is InChI=1S/C21H17FN2O3S/c1-13-5-3-4-6-14(13)11-27-18-10-19(28-20(18)21(25)26-2)24-12-23-16-8-7-15(22)9-17(16)24/h3-10,12H,11H2,1-2H3. The number of methoxy groups -OCH3 is 1. The van der Waals surface area contributed by atoms with Crippen LogP contribution in [0.4, 0.5) is 4.39 Å². The van der Waals surface area contributed by atoms with Gasteiger partial charge in [0.25, 0.3) is 0 Å². The zero-order valence-corrected chi connectivity index (χ0v) is 16.1. The van der Waals surface area contributed by atoms with Gasteiger partial charge in [-0.3, -0.25) is 4.57 Å². The van der Waals surface area contributed by atoms with Gasteiger partial charge in [-0.15, -0.1) is 11.3 Å². The molecule has 0 unspecified atom stereocenters. The van der Waals surface area contributed by atoms with Crippen molar-refractivity contribution in [3.05, 3.63) is 76.7 Å². The Morgan fingerprint density at radius 3 is 2.82 bits per heavy atom. The molecule has 0 amide bonds. The van der Waals surface area contributed by atoms with Crippen molar-refractivity contribution in [2.24, 2.45) is 0 Å². The Balaban J connectivity index is 1.72. The van der Waals surface area contributed by atoms with Crippen molar-refractivity contribution in [3.8, 4) is 10.8 Å². The van der Waals surface area contributed by atoms with Gasteiger partial charge in [0, 0.05) is 12.1 Å². The summed E-state index contributed by atoms with van der Waals surface area (Å²) < 4.78 is 26.3. The largest absolute Gasteiger partial charge is 0.487 e. The number of fused-ring (bicyclic) bond motifs is 1. The maximum atomic E-state index is 13.7. The van der Waals surface area contributed by atoms with Crippen molar-refractivity contribution in [1.82, 2.24) is 9.55 Å². The van der Waals surface area contributed by atoms with E-state index in [-0.39, 0.29) is 5.82 Å². The van der Waals surface area contributed by atoms with Gasteiger partial charge in [0.1, 0.15) is 29.5 Å². The minimum absolute atomic E-state index is 0.326. The normalized spacial score (nSPS) is 11.0. The number of imidazole rings is 1. The molecule has 7 heteroatoms. The van der Waals surface area contributed by atoms with E-state index in [1.807, 2.05) is 31.2 Å². The van der Waals surface area contributed by atoms with Crippen molar-refractivity contribution in [1.29, 1.82) is 0 Å². The van der Waals surface area contributed by atoms with Crippen LogP contribution in [-0.2, 0) is 11.3 Å². The number of aromatic nitrogens is 2. The lowest BCUT2D eigenvalue weighted by molar-refractivity contribution is 0.0601. The summed E-state index contributed by atoms with van der Waals surface area (Å²) in [6.45, 7) is 2.33. The van der Waals surface area contributed by atoms with Gasteiger partial charge in [-0.05, 0) is 30.2 Å². The van der Waals surface area contributed by atoms with Gasteiger partial charge < -0.3 is 9.47 Å². The number of aryl methyl sites for hydroxylation is 1. The number of carbonyl (C=O) groups excluding carboxylic acids is 1. The Hall–Kier alpha value is -3.19. The molecule has 0 saturated heterocycles. The van der Waals surface area contributed by atoms with E-state index in [4.69, 9.17) is 9.47 Å². The highest BCUT2D eigenvalue weighted by Crippen LogP contribution is 2.35. The number of thiophene rings is 1. The minimum Gasteiger partial charge on any atom is -0.487 e. The Bertz CT molecular complexity index is 1170. The highest BCUT2D eigenvalue weighted by Gasteiger charge is 2.20. The first-order valence-electron chi connectivity index (χ1n) is 8.59. The number of carbonyl (C=O) groups is 1. The third kappa shape index (κ3) is 3.36. The lowest BCUT2D eigenvalue weighted by Crippen LogP contribution is -2.03. The molecule has 2 aromatic carbocycles. The van der Waals surface area contributed by atoms with E-state index in [9.17, 15) is 9.18 Å². The summed E-state index contributed by atoms with van der Waals surface area (Å²) in [5, 5.41) is 0.688. The molecule has 0 spiro atoms. The topological polar surface area (TPSA) is 53.4 Å². The molecule has 0 aliphatic carbocycles. The first-order valence-corrected chi connectivity index (χ1v) is 9.41. The van der Waals surface area contributed by atoms with E-state index in [2.05, 4.69) is 4.98 Å². The monoisotopic (exact) mass is 396 g/mol. The maximum absolute atomic E-state index is 13.7. The minimum atomic E-state index is -0.480. The molecule has 2 heterocycles. The van der Waals surface area contributed by atoms with Crippen LogP contribution in [0.2, 0.25) is 0 Å². The van der Waals surface area contributed by atoms with Crippen LogP contribution in [0.5, 0.6) is 5.75 Å². The van der Waals surface area contributed by atoms with E-state index in [1.165, 1.54) is 30.6 Å². The smallest absolute Gasteiger partial charge is 0.351 e. The molecule has 0 aliphatic rings. The molecule has 0 saturated carbocycles. The second kappa shape index (κ2) is 7.44. The zero-order valence-electron chi connectivity index (χ0n) is 15.3. The Kier molecular flexibility index (Phi) is 4.83. The summed E-state index contributed by atoms with van der Waals surface area (Å²) in [4.78, 5) is 16.9. The quantitative estimate of drug-likeness (QED) is 0.450. The zero-order chi connectivity index (χ0) is 19.7.